The van der Waals surface area contributed by atoms with Crippen molar-refractivity contribution in [1.82, 2.24) is 0 Å². The molecule has 0 aromatic heterocycles. The molecule has 2 nitrogen and oxygen atoms in total. The van der Waals surface area contributed by atoms with Gasteiger partial charge in [0, 0.05) is 17.1 Å². The first-order valence-electron chi connectivity index (χ1n) is 9.74. The van der Waals surface area contributed by atoms with Gasteiger partial charge < -0.3 is 9.64 Å². The molecule has 0 heterocycles. The number of ether oxygens (including phenoxy) is 1. The summed E-state index contributed by atoms with van der Waals surface area (Å²) in [6, 6.07) is 38.3. The molecular formula is C27H21NO. The van der Waals surface area contributed by atoms with Crippen LogP contribution in [0.15, 0.2) is 109 Å². The molecule has 0 bridgehead atoms. The molecule has 0 spiro atoms. The Hall–Kier alpha value is -3.78. The van der Waals surface area contributed by atoms with Crippen molar-refractivity contribution in [2.24, 2.45) is 0 Å². The number of hydrogen-bond donors (Lipinski definition) is 0. The molecular weight excluding hydrogens is 354 g/mol. The topological polar surface area (TPSA) is 12.5 Å². The van der Waals surface area contributed by atoms with Crippen molar-refractivity contribution in [3.63, 3.8) is 0 Å². The third-order valence-electron chi connectivity index (χ3n) is 5.31. The maximum atomic E-state index is 5.38. The van der Waals surface area contributed by atoms with Crippen molar-refractivity contribution in [2.75, 3.05) is 12.0 Å². The Bertz CT molecular complexity index is 1240. The number of nitrogens with zero attached hydrogens (tertiary/aromatic N) is 1. The quantitative estimate of drug-likeness (QED) is 0.302. The van der Waals surface area contributed by atoms with E-state index in [9.17, 15) is 0 Å². The fourth-order valence-corrected chi connectivity index (χ4v) is 3.90. The molecule has 0 N–H and O–H groups in total. The lowest BCUT2D eigenvalue weighted by Crippen LogP contribution is -2.09. The predicted octanol–water partition coefficient (Wildman–Crippen LogP) is 7.47. The van der Waals surface area contributed by atoms with E-state index in [1.807, 2.05) is 18.2 Å². The van der Waals surface area contributed by atoms with Crippen molar-refractivity contribution < 1.29 is 4.74 Å². The minimum Gasteiger partial charge on any atom is -0.497 e. The van der Waals surface area contributed by atoms with Crippen LogP contribution in [0.4, 0.5) is 17.1 Å². The minimum absolute atomic E-state index is 0.882. The highest BCUT2D eigenvalue weighted by Gasteiger charge is 2.13. The molecule has 0 saturated carbocycles. The molecule has 0 aliphatic heterocycles. The maximum absolute atomic E-state index is 5.38. The van der Waals surface area contributed by atoms with E-state index < -0.39 is 0 Å². The molecule has 5 rings (SSSR count). The lowest BCUT2D eigenvalue weighted by molar-refractivity contribution is 0.415. The lowest BCUT2D eigenvalue weighted by Gasteiger charge is -2.25. The third kappa shape index (κ3) is 3.19. The van der Waals surface area contributed by atoms with Crippen molar-refractivity contribution in [2.45, 2.75) is 0 Å². The van der Waals surface area contributed by atoms with Gasteiger partial charge in [-0.3, -0.25) is 0 Å². The van der Waals surface area contributed by atoms with Gasteiger partial charge in [0.05, 0.1) is 7.11 Å². The smallest absolute Gasteiger partial charge is 0.119 e. The molecule has 29 heavy (non-hydrogen) atoms. The summed E-state index contributed by atoms with van der Waals surface area (Å²) in [5, 5.41) is 4.89. The number of anilines is 3. The summed E-state index contributed by atoms with van der Waals surface area (Å²) < 4.78 is 5.38. The van der Waals surface area contributed by atoms with E-state index in [0.29, 0.717) is 0 Å². The molecule has 5 aromatic rings. The van der Waals surface area contributed by atoms with E-state index in [1.54, 1.807) is 7.11 Å². The molecule has 140 valence electrons. The highest BCUT2D eigenvalue weighted by atomic mass is 16.5. The molecule has 0 aliphatic carbocycles. The molecule has 0 unspecified atom stereocenters. The molecule has 0 aliphatic rings. The van der Waals surface area contributed by atoms with E-state index in [4.69, 9.17) is 4.74 Å². The average Bonchev–Trinajstić information content (AvgIpc) is 2.80. The summed E-state index contributed by atoms with van der Waals surface area (Å²) in [4.78, 5) is 2.29. The molecule has 0 atom stereocenters. The van der Waals surface area contributed by atoms with E-state index in [-0.39, 0.29) is 0 Å². The first-order chi connectivity index (χ1) is 14.3. The molecule has 0 amide bonds. The van der Waals surface area contributed by atoms with Crippen molar-refractivity contribution in [3.05, 3.63) is 109 Å². The van der Waals surface area contributed by atoms with Crippen LogP contribution in [0.1, 0.15) is 0 Å². The van der Waals surface area contributed by atoms with Crippen LogP contribution >= 0.6 is 0 Å². The highest BCUT2D eigenvalue weighted by molar-refractivity contribution is 6.09. The first kappa shape index (κ1) is 17.3. The van der Waals surface area contributed by atoms with Crippen LogP contribution in [0.2, 0.25) is 0 Å². The Morgan fingerprint density at radius 1 is 0.517 bits per heavy atom. The normalized spacial score (nSPS) is 10.9. The predicted molar refractivity (Wildman–Crippen MR) is 123 cm³/mol. The van der Waals surface area contributed by atoms with E-state index >= 15 is 0 Å². The van der Waals surface area contributed by atoms with Gasteiger partial charge in [-0.15, -0.1) is 0 Å². The Morgan fingerprint density at radius 3 is 1.66 bits per heavy atom. The van der Waals surface area contributed by atoms with Crippen LogP contribution in [0.25, 0.3) is 21.5 Å². The summed E-state index contributed by atoms with van der Waals surface area (Å²) in [6.45, 7) is 0. The Balaban J connectivity index is 1.68. The number of benzene rings is 5. The maximum Gasteiger partial charge on any atom is 0.119 e. The second-order valence-corrected chi connectivity index (χ2v) is 7.06. The van der Waals surface area contributed by atoms with Crippen LogP contribution in [0, 0.1) is 0 Å². The van der Waals surface area contributed by atoms with Gasteiger partial charge in [-0.05, 0) is 70.1 Å². The van der Waals surface area contributed by atoms with Gasteiger partial charge in [0.25, 0.3) is 0 Å². The van der Waals surface area contributed by atoms with E-state index in [1.165, 1.54) is 21.5 Å². The number of rotatable bonds is 4. The monoisotopic (exact) mass is 375 g/mol. The van der Waals surface area contributed by atoms with E-state index in [0.717, 1.165) is 22.8 Å². The van der Waals surface area contributed by atoms with Gasteiger partial charge in [-0.2, -0.15) is 0 Å². The SMILES string of the molecule is COc1ccc2c(ccc3cc(N(c4ccccc4)c4ccccc4)ccc32)c1. The summed E-state index contributed by atoms with van der Waals surface area (Å²) >= 11 is 0. The van der Waals surface area contributed by atoms with Gasteiger partial charge in [-0.1, -0.05) is 60.7 Å². The summed E-state index contributed by atoms with van der Waals surface area (Å²) in [5.74, 6) is 0.882. The largest absolute Gasteiger partial charge is 0.497 e. The fraction of sp³-hybridized carbons (Fsp3) is 0.0370. The van der Waals surface area contributed by atoms with Gasteiger partial charge in [-0.25, -0.2) is 0 Å². The van der Waals surface area contributed by atoms with Crippen LogP contribution in [-0.2, 0) is 0 Å². The summed E-state index contributed by atoms with van der Waals surface area (Å²) in [7, 11) is 1.70. The Kier molecular flexibility index (Phi) is 4.38. The zero-order valence-electron chi connectivity index (χ0n) is 16.2. The van der Waals surface area contributed by atoms with Crippen molar-refractivity contribution in [1.29, 1.82) is 0 Å². The Labute approximate surface area is 170 Å². The third-order valence-corrected chi connectivity index (χ3v) is 5.31. The van der Waals surface area contributed by atoms with Crippen molar-refractivity contribution in [3.8, 4) is 5.75 Å². The molecule has 2 heteroatoms. The highest BCUT2D eigenvalue weighted by Crippen LogP contribution is 2.37. The van der Waals surface area contributed by atoms with Crippen LogP contribution in [0.3, 0.4) is 0 Å². The van der Waals surface area contributed by atoms with E-state index in [2.05, 4.69) is 95.9 Å². The number of hydrogen-bond acceptors (Lipinski definition) is 2. The molecule has 5 aromatic carbocycles. The zero-order chi connectivity index (χ0) is 19.6. The average molecular weight is 375 g/mol. The Morgan fingerprint density at radius 2 is 1.07 bits per heavy atom. The van der Waals surface area contributed by atoms with Crippen LogP contribution < -0.4 is 9.64 Å². The number of fused-ring (bicyclic) bond motifs is 3. The number of para-hydroxylation sites is 2. The van der Waals surface area contributed by atoms with Gasteiger partial charge >= 0.3 is 0 Å². The van der Waals surface area contributed by atoms with Crippen LogP contribution in [-0.4, -0.2) is 7.11 Å². The standard InChI is InChI=1S/C27H21NO/c1-29-25-15-17-27-21(19-25)13-12-20-18-24(14-16-26(20)27)28(22-8-4-2-5-9-22)23-10-6-3-7-11-23/h2-19H,1H3. The fourth-order valence-electron chi connectivity index (χ4n) is 3.90. The second-order valence-electron chi connectivity index (χ2n) is 7.06. The lowest BCUT2D eigenvalue weighted by atomic mass is 10.0. The van der Waals surface area contributed by atoms with Crippen LogP contribution in [0.5, 0.6) is 5.75 Å². The molecule has 0 radical (unpaired) electrons. The van der Waals surface area contributed by atoms with Gasteiger partial charge in [0.1, 0.15) is 5.75 Å². The minimum atomic E-state index is 0.882. The number of methoxy groups -OCH3 is 1. The second kappa shape index (κ2) is 7.33. The first-order valence-corrected chi connectivity index (χ1v) is 9.74. The molecule has 0 saturated heterocycles. The summed E-state index contributed by atoms with van der Waals surface area (Å²) in [6.07, 6.45) is 0. The zero-order valence-corrected chi connectivity index (χ0v) is 16.2. The van der Waals surface area contributed by atoms with Gasteiger partial charge in [0.2, 0.25) is 0 Å². The summed E-state index contributed by atoms with van der Waals surface area (Å²) in [5.41, 5.74) is 3.43. The van der Waals surface area contributed by atoms with Crippen molar-refractivity contribution >= 4 is 38.6 Å². The molecule has 0 fully saturated rings. The van der Waals surface area contributed by atoms with Gasteiger partial charge in [0.15, 0.2) is 0 Å².